The first-order valence-corrected chi connectivity index (χ1v) is 6.71. The first-order chi connectivity index (χ1) is 10.2. The Morgan fingerprint density at radius 3 is 2.71 bits per heavy atom. The molecule has 0 radical (unpaired) electrons. The fourth-order valence-electron chi connectivity index (χ4n) is 2.42. The van der Waals surface area contributed by atoms with Crippen molar-refractivity contribution in [3.8, 4) is 6.07 Å². The van der Waals surface area contributed by atoms with Crippen molar-refractivity contribution in [2.45, 2.75) is 13.3 Å². The van der Waals surface area contributed by atoms with Gasteiger partial charge in [-0.25, -0.2) is 9.50 Å². The van der Waals surface area contributed by atoms with Crippen LogP contribution in [0, 0.1) is 18.3 Å². The van der Waals surface area contributed by atoms with Crippen LogP contribution in [0.4, 0.5) is 11.4 Å². The van der Waals surface area contributed by atoms with Gasteiger partial charge in [0.2, 0.25) is 0 Å². The summed E-state index contributed by atoms with van der Waals surface area (Å²) in [7, 11) is 2.00. The summed E-state index contributed by atoms with van der Waals surface area (Å²) in [4.78, 5) is 6.65. The number of benzene rings is 1. The second kappa shape index (κ2) is 5.25. The number of nitriles is 1. The molecule has 0 aliphatic heterocycles. The number of nitrogens with zero attached hydrogens (tertiary/aromatic N) is 5. The summed E-state index contributed by atoms with van der Waals surface area (Å²) in [6, 6.07) is 14.2. The second-order valence-electron chi connectivity index (χ2n) is 4.83. The average molecular weight is 277 g/mol. The lowest BCUT2D eigenvalue weighted by atomic mass is 10.3. The molecule has 0 N–H and O–H groups in total. The Labute approximate surface area is 123 Å². The van der Waals surface area contributed by atoms with E-state index < -0.39 is 0 Å². The number of aromatic nitrogens is 3. The highest BCUT2D eigenvalue weighted by Crippen LogP contribution is 2.27. The van der Waals surface area contributed by atoms with E-state index in [0.717, 1.165) is 28.4 Å². The third kappa shape index (κ3) is 2.21. The third-order valence-electron chi connectivity index (χ3n) is 3.54. The van der Waals surface area contributed by atoms with Crippen molar-refractivity contribution in [1.29, 1.82) is 5.26 Å². The monoisotopic (exact) mass is 277 g/mol. The smallest absolute Gasteiger partial charge is 0.178 e. The van der Waals surface area contributed by atoms with Crippen LogP contribution in [-0.2, 0) is 6.42 Å². The van der Waals surface area contributed by atoms with Gasteiger partial charge in [-0.3, -0.25) is 0 Å². The lowest BCUT2D eigenvalue weighted by molar-refractivity contribution is 0.873. The SMILES string of the molecule is Cc1nc2c(N(C)c3ccccc3)ccnn2c1CC#N. The molecule has 2 heterocycles. The van der Waals surface area contributed by atoms with E-state index in [0.29, 0.717) is 6.42 Å². The Bertz CT molecular complexity index is 814. The van der Waals surface area contributed by atoms with Crippen LogP contribution in [0.2, 0.25) is 0 Å². The molecule has 0 saturated heterocycles. The first kappa shape index (κ1) is 13.1. The van der Waals surface area contributed by atoms with E-state index in [1.54, 1.807) is 10.7 Å². The van der Waals surface area contributed by atoms with Gasteiger partial charge in [-0.1, -0.05) is 18.2 Å². The Morgan fingerprint density at radius 2 is 2.00 bits per heavy atom. The number of aryl methyl sites for hydroxylation is 1. The fourth-order valence-corrected chi connectivity index (χ4v) is 2.42. The molecular weight excluding hydrogens is 262 g/mol. The lowest BCUT2D eigenvalue weighted by Crippen LogP contribution is -2.11. The van der Waals surface area contributed by atoms with Crippen molar-refractivity contribution in [3.05, 3.63) is 54.0 Å². The van der Waals surface area contributed by atoms with Crippen molar-refractivity contribution in [3.63, 3.8) is 0 Å². The van der Waals surface area contributed by atoms with Crippen LogP contribution in [0.1, 0.15) is 11.4 Å². The molecule has 0 spiro atoms. The molecule has 3 aromatic rings. The summed E-state index contributed by atoms with van der Waals surface area (Å²) < 4.78 is 1.76. The Kier molecular flexibility index (Phi) is 3.28. The number of hydrogen-bond donors (Lipinski definition) is 0. The molecule has 0 atom stereocenters. The molecule has 0 fully saturated rings. The molecule has 0 bridgehead atoms. The summed E-state index contributed by atoms with van der Waals surface area (Å²) in [5, 5.41) is 13.3. The van der Waals surface area contributed by atoms with Gasteiger partial charge in [0, 0.05) is 12.7 Å². The molecule has 5 nitrogen and oxygen atoms in total. The molecule has 0 unspecified atom stereocenters. The minimum atomic E-state index is 0.304. The zero-order valence-corrected chi connectivity index (χ0v) is 12.0. The van der Waals surface area contributed by atoms with Crippen LogP contribution in [0.25, 0.3) is 5.65 Å². The summed E-state index contributed by atoms with van der Waals surface area (Å²) in [6.45, 7) is 1.91. The van der Waals surface area contributed by atoms with Gasteiger partial charge in [-0.2, -0.15) is 10.4 Å². The molecule has 0 aliphatic rings. The maximum Gasteiger partial charge on any atom is 0.178 e. The van der Waals surface area contributed by atoms with Gasteiger partial charge in [0.25, 0.3) is 0 Å². The van der Waals surface area contributed by atoms with Crippen LogP contribution in [0.5, 0.6) is 0 Å². The minimum absolute atomic E-state index is 0.304. The number of hydrogen-bond acceptors (Lipinski definition) is 4. The predicted octanol–water partition coefficient (Wildman–Crippen LogP) is 2.87. The Hall–Kier alpha value is -2.87. The standard InChI is InChI=1S/C16H15N5/c1-12-14(8-10-17)21-16(19-12)15(9-11-18-21)20(2)13-6-4-3-5-7-13/h3-7,9,11H,8H2,1-2H3. The quantitative estimate of drug-likeness (QED) is 0.738. The summed E-state index contributed by atoms with van der Waals surface area (Å²) in [6.07, 6.45) is 2.04. The zero-order valence-electron chi connectivity index (χ0n) is 12.0. The topological polar surface area (TPSA) is 57.2 Å². The molecule has 0 saturated carbocycles. The van der Waals surface area contributed by atoms with E-state index in [1.165, 1.54) is 0 Å². The van der Waals surface area contributed by atoms with Gasteiger partial charge in [-0.05, 0) is 25.1 Å². The normalized spacial score (nSPS) is 10.5. The van der Waals surface area contributed by atoms with Gasteiger partial charge in [-0.15, -0.1) is 0 Å². The summed E-state index contributed by atoms with van der Waals surface area (Å²) in [5.74, 6) is 0. The van der Waals surface area contributed by atoms with E-state index >= 15 is 0 Å². The molecule has 104 valence electrons. The molecule has 1 aromatic carbocycles. The van der Waals surface area contributed by atoms with Crippen LogP contribution >= 0.6 is 0 Å². The van der Waals surface area contributed by atoms with Gasteiger partial charge in [0.05, 0.1) is 35.8 Å². The Balaban J connectivity index is 2.16. The van der Waals surface area contributed by atoms with E-state index in [9.17, 15) is 0 Å². The molecule has 3 rings (SSSR count). The highest BCUT2D eigenvalue weighted by atomic mass is 15.3. The summed E-state index contributed by atoms with van der Waals surface area (Å²) in [5.41, 5.74) is 4.50. The zero-order chi connectivity index (χ0) is 14.8. The lowest BCUT2D eigenvalue weighted by Gasteiger charge is -2.19. The largest absolute Gasteiger partial charge is 0.341 e. The molecule has 2 aromatic heterocycles. The highest BCUT2D eigenvalue weighted by molar-refractivity contribution is 5.75. The highest BCUT2D eigenvalue weighted by Gasteiger charge is 2.15. The second-order valence-corrected chi connectivity index (χ2v) is 4.83. The molecular formula is C16H15N5. The van der Waals surface area contributed by atoms with Gasteiger partial charge in [0.1, 0.15) is 0 Å². The van der Waals surface area contributed by atoms with Crippen LogP contribution in [0.15, 0.2) is 42.6 Å². The number of rotatable bonds is 3. The van der Waals surface area contributed by atoms with Crippen molar-refractivity contribution < 1.29 is 0 Å². The van der Waals surface area contributed by atoms with Crippen LogP contribution in [-0.4, -0.2) is 21.6 Å². The average Bonchev–Trinajstić information content (AvgIpc) is 2.84. The van der Waals surface area contributed by atoms with E-state index in [-0.39, 0.29) is 0 Å². The first-order valence-electron chi connectivity index (χ1n) is 6.71. The maximum atomic E-state index is 8.95. The predicted molar refractivity (Wildman–Crippen MR) is 81.5 cm³/mol. The van der Waals surface area contributed by atoms with E-state index in [4.69, 9.17) is 5.26 Å². The van der Waals surface area contributed by atoms with Crippen molar-refractivity contribution in [2.75, 3.05) is 11.9 Å². The number of imidazole rings is 1. The van der Waals surface area contributed by atoms with Crippen LogP contribution < -0.4 is 4.90 Å². The van der Waals surface area contributed by atoms with Gasteiger partial charge in [0.15, 0.2) is 5.65 Å². The summed E-state index contributed by atoms with van der Waals surface area (Å²) >= 11 is 0. The van der Waals surface area contributed by atoms with Gasteiger partial charge >= 0.3 is 0 Å². The number of anilines is 2. The van der Waals surface area contributed by atoms with Crippen molar-refractivity contribution in [1.82, 2.24) is 14.6 Å². The fraction of sp³-hybridized carbons (Fsp3) is 0.188. The van der Waals surface area contributed by atoms with Crippen LogP contribution in [0.3, 0.4) is 0 Å². The third-order valence-corrected chi connectivity index (χ3v) is 3.54. The molecule has 0 amide bonds. The van der Waals surface area contributed by atoms with E-state index in [2.05, 4.69) is 21.1 Å². The molecule has 5 heteroatoms. The van der Waals surface area contributed by atoms with Crippen molar-refractivity contribution in [2.24, 2.45) is 0 Å². The Morgan fingerprint density at radius 1 is 1.24 bits per heavy atom. The minimum Gasteiger partial charge on any atom is -0.341 e. The molecule has 0 aliphatic carbocycles. The maximum absolute atomic E-state index is 8.95. The van der Waals surface area contributed by atoms with E-state index in [1.807, 2.05) is 50.4 Å². The number of fused-ring (bicyclic) bond motifs is 1. The molecule has 21 heavy (non-hydrogen) atoms. The van der Waals surface area contributed by atoms with Crippen molar-refractivity contribution >= 4 is 17.0 Å². The number of para-hydroxylation sites is 1. The van der Waals surface area contributed by atoms with Gasteiger partial charge < -0.3 is 4.90 Å².